The first-order valence-corrected chi connectivity index (χ1v) is 9.89. The van der Waals surface area contributed by atoms with E-state index in [9.17, 15) is 13.2 Å². The zero-order chi connectivity index (χ0) is 18.6. The molecule has 25 heavy (non-hydrogen) atoms. The lowest BCUT2D eigenvalue weighted by molar-refractivity contribution is -0.119. The summed E-state index contributed by atoms with van der Waals surface area (Å²) in [6.07, 6.45) is 1.11. The number of benzene rings is 2. The number of carbonyl (C=O) groups excluding carboxylic acids is 1. The van der Waals surface area contributed by atoms with Crippen molar-refractivity contribution in [1.82, 2.24) is 5.32 Å². The molecule has 0 radical (unpaired) electrons. The van der Waals surface area contributed by atoms with Gasteiger partial charge in [-0.05, 0) is 49.6 Å². The number of amides is 1. The Morgan fingerprint density at radius 3 is 2.20 bits per heavy atom. The maximum absolute atomic E-state index is 12.2. The Labute approximate surface area is 149 Å². The van der Waals surface area contributed by atoms with E-state index in [2.05, 4.69) is 5.32 Å². The SMILES string of the molecule is Cc1ccc(CNC(=O)CN(c2ccc(C)c(C)c2)S(C)(=O)=O)cc1. The van der Waals surface area contributed by atoms with E-state index in [0.717, 1.165) is 32.8 Å². The molecule has 1 N–H and O–H groups in total. The molecule has 0 aliphatic carbocycles. The minimum atomic E-state index is -3.56. The van der Waals surface area contributed by atoms with Crippen molar-refractivity contribution in [3.63, 3.8) is 0 Å². The van der Waals surface area contributed by atoms with Crippen LogP contribution >= 0.6 is 0 Å². The van der Waals surface area contributed by atoms with Crippen LogP contribution in [0.15, 0.2) is 42.5 Å². The van der Waals surface area contributed by atoms with Gasteiger partial charge in [-0.25, -0.2) is 8.42 Å². The van der Waals surface area contributed by atoms with Crippen LogP contribution in [0.5, 0.6) is 0 Å². The van der Waals surface area contributed by atoms with Crippen LogP contribution in [0.4, 0.5) is 5.69 Å². The Hall–Kier alpha value is -2.34. The topological polar surface area (TPSA) is 66.5 Å². The number of rotatable bonds is 6. The van der Waals surface area contributed by atoms with Gasteiger partial charge in [0.05, 0.1) is 11.9 Å². The second-order valence-corrected chi connectivity index (χ2v) is 8.21. The Morgan fingerprint density at radius 1 is 1.00 bits per heavy atom. The number of hydrogen-bond acceptors (Lipinski definition) is 3. The molecule has 0 aliphatic heterocycles. The smallest absolute Gasteiger partial charge is 0.241 e. The summed E-state index contributed by atoms with van der Waals surface area (Å²) in [6, 6.07) is 13.2. The molecule has 1 amide bonds. The van der Waals surface area contributed by atoms with E-state index in [1.807, 2.05) is 51.1 Å². The Kier molecular flexibility index (Phi) is 5.85. The lowest BCUT2D eigenvalue weighted by Crippen LogP contribution is -2.40. The molecule has 0 fully saturated rings. The number of nitrogens with one attached hydrogen (secondary N) is 1. The van der Waals surface area contributed by atoms with Gasteiger partial charge < -0.3 is 5.32 Å². The van der Waals surface area contributed by atoms with Crippen molar-refractivity contribution < 1.29 is 13.2 Å². The molecule has 2 aromatic rings. The van der Waals surface area contributed by atoms with E-state index in [1.54, 1.807) is 12.1 Å². The third-order valence-electron chi connectivity index (χ3n) is 4.08. The average Bonchev–Trinajstić information content (AvgIpc) is 2.54. The van der Waals surface area contributed by atoms with E-state index in [1.165, 1.54) is 0 Å². The predicted octanol–water partition coefficient (Wildman–Crippen LogP) is 2.69. The van der Waals surface area contributed by atoms with Crippen LogP contribution in [0.25, 0.3) is 0 Å². The summed E-state index contributed by atoms with van der Waals surface area (Å²) in [7, 11) is -3.56. The van der Waals surface area contributed by atoms with Crippen molar-refractivity contribution in [2.75, 3.05) is 17.1 Å². The standard InChI is InChI=1S/C19H24N2O3S/c1-14-5-8-17(9-6-14)12-20-19(22)13-21(25(4,23)24)18-10-7-15(2)16(3)11-18/h5-11H,12-13H2,1-4H3,(H,20,22). The normalized spacial score (nSPS) is 11.2. The van der Waals surface area contributed by atoms with E-state index in [-0.39, 0.29) is 12.5 Å². The highest BCUT2D eigenvalue weighted by molar-refractivity contribution is 7.92. The number of hydrogen-bond donors (Lipinski definition) is 1. The zero-order valence-corrected chi connectivity index (χ0v) is 15.9. The highest BCUT2D eigenvalue weighted by Crippen LogP contribution is 2.21. The van der Waals surface area contributed by atoms with Crippen molar-refractivity contribution >= 4 is 21.6 Å². The first kappa shape index (κ1) is 19.0. The molecule has 2 rings (SSSR count). The highest BCUT2D eigenvalue weighted by Gasteiger charge is 2.21. The van der Waals surface area contributed by atoms with Crippen LogP contribution in [-0.2, 0) is 21.4 Å². The highest BCUT2D eigenvalue weighted by atomic mass is 32.2. The predicted molar refractivity (Wildman–Crippen MR) is 101 cm³/mol. The fourth-order valence-corrected chi connectivity index (χ4v) is 3.22. The molecule has 2 aromatic carbocycles. The molecule has 0 aromatic heterocycles. The lowest BCUT2D eigenvalue weighted by atomic mass is 10.1. The molecule has 0 aliphatic rings. The average molecular weight is 360 g/mol. The quantitative estimate of drug-likeness (QED) is 0.861. The van der Waals surface area contributed by atoms with Gasteiger partial charge in [0.1, 0.15) is 6.54 Å². The second-order valence-electron chi connectivity index (χ2n) is 6.30. The summed E-state index contributed by atoms with van der Waals surface area (Å²) in [4.78, 5) is 12.2. The second kappa shape index (κ2) is 7.70. The zero-order valence-electron chi connectivity index (χ0n) is 15.0. The van der Waals surface area contributed by atoms with Gasteiger partial charge in [-0.15, -0.1) is 0 Å². The maximum Gasteiger partial charge on any atom is 0.241 e. The van der Waals surface area contributed by atoms with Crippen LogP contribution in [0.3, 0.4) is 0 Å². The summed E-state index contributed by atoms with van der Waals surface area (Å²) < 4.78 is 25.4. The molecule has 0 spiro atoms. The Balaban J connectivity index is 2.10. The van der Waals surface area contributed by atoms with E-state index in [4.69, 9.17) is 0 Å². The molecule has 5 nitrogen and oxygen atoms in total. The van der Waals surface area contributed by atoms with E-state index in [0.29, 0.717) is 12.2 Å². The minimum absolute atomic E-state index is 0.243. The van der Waals surface area contributed by atoms with Gasteiger partial charge in [0.15, 0.2) is 0 Å². The molecule has 0 unspecified atom stereocenters. The molecule has 0 bridgehead atoms. The summed E-state index contributed by atoms with van der Waals surface area (Å²) in [6.45, 7) is 5.99. The van der Waals surface area contributed by atoms with Gasteiger partial charge in [0.2, 0.25) is 15.9 Å². The van der Waals surface area contributed by atoms with Gasteiger partial charge in [0, 0.05) is 6.54 Å². The van der Waals surface area contributed by atoms with Gasteiger partial charge in [-0.3, -0.25) is 9.10 Å². The monoisotopic (exact) mass is 360 g/mol. The van der Waals surface area contributed by atoms with Gasteiger partial charge in [-0.1, -0.05) is 35.9 Å². The number of carbonyl (C=O) groups is 1. The van der Waals surface area contributed by atoms with Crippen molar-refractivity contribution in [3.05, 3.63) is 64.7 Å². The summed E-state index contributed by atoms with van der Waals surface area (Å²) in [5.74, 6) is -0.343. The van der Waals surface area contributed by atoms with Gasteiger partial charge >= 0.3 is 0 Å². The summed E-state index contributed by atoms with van der Waals surface area (Å²) >= 11 is 0. The number of aryl methyl sites for hydroxylation is 3. The number of anilines is 1. The molecule has 0 heterocycles. The molecular weight excluding hydrogens is 336 g/mol. The van der Waals surface area contributed by atoms with E-state index < -0.39 is 10.0 Å². The lowest BCUT2D eigenvalue weighted by Gasteiger charge is -2.22. The minimum Gasteiger partial charge on any atom is -0.350 e. The number of sulfonamides is 1. The fourth-order valence-electron chi connectivity index (χ4n) is 2.37. The molecule has 134 valence electrons. The van der Waals surface area contributed by atoms with Crippen LogP contribution in [0, 0.1) is 20.8 Å². The van der Waals surface area contributed by atoms with Gasteiger partial charge in [-0.2, -0.15) is 0 Å². The van der Waals surface area contributed by atoms with Crippen LogP contribution in [-0.4, -0.2) is 27.1 Å². The van der Waals surface area contributed by atoms with Gasteiger partial charge in [0.25, 0.3) is 0 Å². The largest absolute Gasteiger partial charge is 0.350 e. The molecule has 6 heteroatoms. The molecule has 0 saturated carbocycles. The molecule has 0 atom stereocenters. The van der Waals surface area contributed by atoms with E-state index >= 15 is 0 Å². The van der Waals surface area contributed by atoms with Crippen molar-refractivity contribution in [1.29, 1.82) is 0 Å². The van der Waals surface area contributed by atoms with Crippen molar-refractivity contribution in [2.24, 2.45) is 0 Å². The molecule has 0 saturated heterocycles. The van der Waals surface area contributed by atoms with Crippen molar-refractivity contribution in [3.8, 4) is 0 Å². The first-order valence-electron chi connectivity index (χ1n) is 8.04. The van der Waals surface area contributed by atoms with Crippen molar-refractivity contribution in [2.45, 2.75) is 27.3 Å². The summed E-state index contributed by atoms with van der Waals surface area (Å²) in [5, 5.41) is 2.77. The third kappa shape index (κ3) is 5.32. The van der Waals surface area contributed by atoms with Crippen LogP contribution in [0.1, 0.15) is 22.3 Å². The fraction of sp³-hybridized carbons (Fsp3) is 0.316. The Bertz CT molecular complexity index is 859. The van der Waals surface area contributed by atoms with Crippen LogP contribution in [0.2, 0.25) is 0 Å². The van der Waals surface area contributed by atoms with Crippen LogP contribution < -0.4 is 9.62 Å². The maximum atomic E-state index is 12.2. The third-order valence-corrected chi connectivity index (χ3v) is 5.22. The number of nitrogens with zero attached hydrogens (tertiary/aromatic N) is 1. The molecular formula is C19H24N2O3S. The first-order chi connectivity index (χ1) is 11.7. The summed E-state index contributed by atoms with van der Waals surface area (Å²) in [5.41, 5.74) is 4.66. The Morgan fingerprint density at radius 2 is 1.64 bits per heavy atom.